The lowest BCUT2D eigenvalue weighted by Gasteiger charge is -2.35. The molecule has 0 aromatic heterocycles. The summed E-state index contributed by atoms with van der Waals surface area (Å²) in [5, 5.41) is 0. The van der Waals surface area contributed by atoms with E-state index in [1.807, 2.05) is 43.3 Å². The standard InChI is InChI=1S/C32H38N2O6/c1-5-39-31(37)24-14-16-33(17-15-24)30(36)25-12-9-11-23(18-25)20-34-22(4)29(32(38)40-6-2)27(19-28(34)35)26-13-8-7-10-21(26)3/h7-13,18,24,27H,5-6,14-17,19-20H2,1-4H3. The lowest BCUT2D eigenvalue weighted by Crippen LogP contribution is -2.40. The zero-order chi connectivity index (χ0) is 28.8. The second-order valence-electron chi connectivity index (χ2n) is 10.3. The van der Waals surface area contributed by atoms with Gasteiger partial charge in [0.1, 0.15) is 0 Å². The summed E-state index contributed by atoms with van der Waals surface area (Å²) in [6.07, 6.45) is 1.31. The summed E-state index contributed by atoms with van der Waals surface area (Å²) in [6, 6.07) is 15.0. The van der Waals surface area contributed by atoms with E-state index in [9.17, 15) is 19.2 Å². The van der Waals surface area contributed by atoms with Crippen LogP contribution in [0.5, 0.6) is 0 Å². The fraction of sp³-hybridized carbons (Fsp3) is 0.438. The number of hydrogen-bond acceptors (Lipinski definition) is 6. The Kier molecular flexibility index (Phi) is 9.40. The number of rotatable bonds is 8. The number of ether oxygens (including phenoxy) is 2. The summed E-state index contributed by atoms with van der Waals surface area (Å²) in [5.41, 5.74) is 4.34. The van der Waals surface area contributed by atoms with Crippen LogP contribution in [0.15, 0.2) is 59.8 Å². The van der Waals surface area contributed by atoms with Crippen molar-refractivity contribution in [3.63, 3.8) is 0 Å². The fourth-order valence-electron chi connectivity index (χ4n) is 5.67. The zero-order valence-corrected chi connectivity index (χ0v) is 23.8. The molecule has 1 fully saturated rings. The van der Waals surface area contributed by atoms with Crippen molar-refractivity contribution < 1.29 is 28.7 Å². The number of amides is 2. The highest BCUT2D eigenvalue weighted by atomic mass is 16.5. The van der Waals surface area contributed by atoms with Crippen molar-refractivity contribution in [1.29, 1.82) is 0 Å². The largest absolute Gasteiger partial charge is 0.466 e. The van der Waals surface area contributed by atoms with Gasteiger partial charge in [-0.05, 0) is 69.4 Å². The monoisotopic (exact) mass is 546 g/mol. The van der Waals surface area contributed by atoms with Gasteiger partial charge >= 0.3 is 11.9 Å². The van der Waals surface area contributed by atoms with Crippen LogP contribution >= 0.6 is 0 Å². The molecule has 2 heterocycles. The van der Waals surface area contributed by atoms with Gasteiger partial charge in [0.25, 0.3) is 5.91 Å². The van der Waals surface area contributed by atoms with Crippen LogP contribution in [-0.4, -0.2) is 59.9 Å². The molecular weight excluding hydrogens is 508 g/mol. The Labute approximate surface area is 235 Å². The van der Waals surface area contributed by atoms with Gasteiger partial charge in [-0.3, -0.25) is 14.4 Å². The topological polar surface area (TPSA) is 93.2 Å². The van der Waals surface area contributed by atoms with Crippen molar-refractivity contribution in [2.24, 2.45) is 5.92 Å². The summed E-state index contributed by atoms with van der Waals surface area (Å²) in [7, 11) is 0. The summed E-state index contributed by atoms with van der Waals surface area (Å²) in [5.74, 6) is -1.36. The Hall–Kier alpha value is -3.94. The van der Waals surface area contributed by atoms with Gasteiger partial charge in [-0.2, -0.15) is 0 Å². The highest BCUT2D eigenvalue weighted by Gasteiger charge is 2.37. The summed E-state index contributed by atoms with van der Waals surface area (Å²) < 4.78 is 10.5. The van der Waals surface area contributed by atoms with Gasteiger partial charge < -0.3 is 19.3 Å². The molecule has 2 aliphatic rings. The molecule has 2 aliphatic heterocycles. The number of piperidine rings is 1. The van der Waals surface area contributed by atoms with Crippen LogP contribution in [0.1, 0.15) is 73.0 Å². The average molecular weight is 547 g/mol. The number of allylic oxidation sites excluding steroid dienone is 1. The number of likely N-dealkylation sites (tertiary alicyclic amines) is 1. The van der Waals surface area contributed by atoms with E-state index in [2.05, 4.69) is 0 Å². The minimum atomic E-state index is -0.416. The van der Waals surface area contributed by atoms with Crippen molar-refractivity contribution in [2.45, 2.75) is 59.4 Å². The Bertz CT molecular complexity index is 1310. The third kappa shape index (κ3) is 6.27. The number of carbonyl (C=O) groups is 4. The van der Waals surface area contributed by atoms with Crippen molar-refractivity contribution in [3.8, 4) is 0 Å². The molecule has 8 heteroatoms. The van der Waals surface area contributed by atoms with Gasteiger partial charge in [-0.25, -0.2) is 4.79 Å². The molecule has 0 N–H and O–H groups in total. The van der Waals surface area contributed by atoms with E-state index in [-0.39, 0.29) is 49.2 Å². The van der Waals surface area contributed by atoms with Gasteiger partial charge in [0.15, 0.2) is 0 Å². The van der Waals surface area contributed by atoms with E-state index in [0.29, 0.717) is 49.4 Å². The van der Waals surface area contributed by atoms with E-state index in [1.165, 1.54) is 0 Å². The normalized spacial score (nSPS) is 18.1. The maximum absolute atomic E-state index is 13.5. The van der Waals surface area contributed by atoms with E-state index in [0.717, 1.165) is 16.7 Å². The zero-order valence-electron chi connectivity index (χ0n) is 23.8. The van der Waals surface area contributed by atoms with Crippen LogP contribution in [0.4, 0.5) is 0 Å². The lowest BCUT2D eigenvalue weighted by molar-refractivity contribution is -0.149. The molecule has 0 aliphatic carbocycles. The van der Waals surface area contributed by atoms with Gasteiger partial charge in [0, 0.05) is 36.7 Å². The van der Waals surface area contributed by atoms with Crippen LogP contribution in [0.3, 0.4) is 0 Å². The molecular formula is C32H38N2O6. The molecule has 4 rings (SSSR count). The number of nitrogens with zero attached hydrogens (tertiary/aromatic N) is 2. The molecule has 0 bridgehead atoms. The summed E-state index contributed by atoms with van der Waals surface area (Å²) >= 11 is 0. The maximum atomic E-state index is 13.5. The number of carbonyl (C=O) groups excluding carboxylic acids is 4. The molecule has 2 aromatic carbocycles. The van der Waals surface area contributed by atoms with E-state index >= 15 is 0 Å². The summed E-state index contributed by atoms with van der Waals surface area (Å²) in [6.45, 7) is 9.13. The van der Waals surface area contributed by atoms with Crippen LogP contribution in [0.25, 0.3) is 0 Å². The predicted molar refractivity (Wildman–Crippen MR) is 150 cm³/mol. The van der Waals surface area contributed by atoms with Crippen LogP contribution < -0.4 is 0 Å². The lowest BCUT2D eigenvalue weighted by atomic mass is 9.81. The minimum absolute atomic E-state index is 0.0865. The first-order chi connectivity index (χ1) is 19.2. The van der Waals surface area contributed by atoms with Gasteiger partial charge in [0.05, 0.1) is 31.2 Å². The van der Waals surface area contributed by atoms with Crippen LogP contribution in [0.2, 0.25) is 0 Å². The molecule has 8 nitrogen and oxygen atoms in total. The number of aryl methyl sites for hydroxylation is 1. The predicted octanol–water partition coefficient (Wildman–Crippen LogP) is 4.76. The molecule has 2 aromatic rings. The third-order valence-electron chi connectivity index (χ3n) is 7.80. The molecule has 1 saturated heterocycles. The van der Waals surface area contributed by atoms with Crippen molar-refractivity contribution in [1.82, 2.24) is 9.80 Å². The first kappa shape index (κ1) is 29.1. The highest BCUT2D eigenvalue weighted by molar-refractivity contribution is 5.96. The smallest absolute Gasteiger partial charge is 0.336 e. The Morgan fingerprint density at radius 1 is 0.925 bits per heavy atom. The molecule has 40 heavy (non-hydrogen) atoms. The van der Waals surface area contributed by atoms with Gasteiger partial charge in [-0.1, -0.05) is 36.4 Å². The summed E-state index contributed by atoms with van der Waals surface area (Å²) in [4.78, 5) is 55.3. The number of hydrogen-bond donors (Lipinski definition) is 0. The quantitative estimate of drug-likeness (QED) is 0.443. The van der Waals surface area contributed by atoms with E-state index < -0.39 is 5.97 Å². The molecule has 1 unspecified atom stereocenters. The van der Waals surface area contributed by atoms with Crippen LogP contribution in [-0.2, 0) is 30.4 Å². The van der Waals surface area contributed by atoms with Crippen molar-refractivity contribution in [3.05, 3.63) is 82.1 Å². The molecule has 1 atom stereocenters. The minimum Gasteiger partial charge on any atom is -0.466 e. The molecule has 0 saturated carbocycles. The second kappa shape index (κ2) is 12.9. The third-order valence-corrected chi connectivity index (χ3v) is 7.80. The van der Waals surface area contributed by atoms with Crippen LogP contribution in [0, 0.1) is 12.8 Å². The fourth-order valence-corrected chi connectivity index (χ4v) is 5.67. The number of benzene rings is 2. The van der Waals surface area contributed by atoms with E-state index in [1.54, 1.807) is 42.7 Å². The Morgan fingerprint density at radius 3 is 2.30 bits per heavy atom. The van der Waals surface area contributed by atoms with Crippen molar-refractivity contribution in [2.75, 3.05) is 26.3 Å². The van der Waals surface area contributed by atoms with Crippen molar-refractivity contribution >= 4 is 23.8 Å². The van der Waals surface area contributed by atoms with E-state index in [4.69, 9.17) is 9.47 Å². The SMILES string of the molecule is CCOC(=O)C1=C(C)N(Cc2cccc(C(=O)N3CCC(C(=O)OCC)CC3)c2)C(=O)CC1c1ccccc1C. The van der Waals surface area contributed by atoms with Gasteiger partial charge in [-0.15, -0.1) is 0 Å². The second-order valence-corrected chi connectivity index (χ2v) is 10.3. The maximum Gasteiger partial charge on any atom is 0.336 e. The molecule has 212 valence electrons. The molecule has 2 amide bonds. The highest BCUT2D eigenvalue weighted by Crippen LogP contribution is 2.39. The average Bonchev–Trinajstić information content (AvgIpc) is 2.95. The van der Waals surface area contributed by atoms with Gasteiger partial charge in [0.2, 0.25) is 5.91 Å². The molecule has 0 spiro atoms. The Morgan fingerprint density at radius 2 is 1.62 bits per heavy atom. The first-order valence-corrected chi connectivity index (χ1v) is 14.0. The molecule has 0 radical (unpaired) electrons. The Balaban J connectivity index is 1.54. The number of esters is 2. The first-order valence-electron chi connectivity index (χ1n) is 14.0.